The maximum absolute atomic E-state index is 10.7. The minimum Gasteiger partial charge on any atom is -0.493 e. The topological polar surface area (TPSA) is 84.3 Å². The number of anilines is 1. The Balaban J connectivity index is 2.03. The van der Waals surface area contributed by atoms with Crippen LogP contribution in [0.2, 0.25) is 5.02 Å². The Morgan fingerprint density at radius 2 is 2.04 bits per heavy atom. The van der Waals surface area contributed by atoms with Gasteiger partial charge in [-0.2, -0.15) is 0 Å². The van der Waals surface area contributed by atoms with Gasteiger partial charge in [0.05, 0.1) is 12.1 Å². The van der Waals surface area contributed by atoms with Crippen LogP contribution in [0.3, 0.4) is 0 Å². The number of hydrogen-bond donors (Lipinski definition) is 2. The van der Waals surface area contributed by atoms with Gasteiger partial charge in [-0.25, -0.2) is 9.97 Å². The number of hydrogen-bond acceptors (Lipinski definition) is 5. The van der Waals surface area contributed by atoms with E-state index in [0.717, 1.165) is 22.0 Å². The highest BCUT2D eigenvalue weighted by molar-refractivity contribution is 6.33. The number of aromatic nitrogens is 2. The maximum Gasteiger partial charge on any atom is 0.303 e. The minimum atomic E-state index is -0.837. The van der Waals surface area contributed by atoms with E-state index in [4.69, 9.17) is 21.4 Å². The molecule has 28 heavy (non-hydrogen) atoms. The van der Waals surface area contributed by atoms with Gasteiger partial charge in [-0.05, 0) is 38.0 Å². The molecule has 0 amide bonds. The molecule has 6 nitrogen and oxygen atoms in total. The summed E-state index contributed by atoms with van der Waals surface area (Å²) in [5.74, 6) is 0.314. The number of nitrogens with zero attached hydrogens (tertiary/aromatic N) is 2. The third-order valence-electron chi connectivity index (χ3n) is 4.06. The first kappa shape index (κ1) is 19.9. The minimum absolute atomic E-state index is 0.0651. The van der Waals surface area contributed by atoms with Crippen LogP contribution < -0.4 is 10.1 Å². The molecule has 0 atom stereocenters. The highest BCUT2D eigenvalue weighted by Crippen LogP contribution is 2.36. The first-order valence-corrected chi connectivity index (χ1v) is 9.48. The number of rotatable bonds is 8. The van der Waals surface area contributed by atoms with Gasteiger partial charge >= 0.3 is 5.97 Å². The van der Waals surface area contributed by atoms with Crippen molar-refractivity contribution in [2.75, 3.05) is 11.9 Å². The van der Waals surface area contributed by atoms with Gasteiger partial charge in [0.15, 0.2) is 0 Å². The number of halogens is 1. The summed E-state index contributed by atoms with van der Waals surface area (Å²) in [6, 6.07) is 11.5. The van der Waals surface area contributed by atoms with Gasteiger partial charge in [0, 0.05) is 40.7 Å². The lowest BCUT2D eigenvalue weighted by molar-refractivity contribution is -0.137. The number of aliphatic carboxylic acids is 1. The molecule has 0 saturated carbocycles. The Morgan fingerprint density at radius 3 is 2.75 bits per heavy atom. The Morgan fingerprint density at radius 1 is 1.25 bits per heavy atom. The second kappa shape index (κ2) is 8.89. The molecule has 0 spiro atoms. The summed E-state index contributed by atoms with van der Waals surface area (Å²) in [5.41, 5.74) is 2.45. The molecular weight excluding hydrogens is 378 g/mol. The van der Waals surface area contributed by atoms with Gasteiger partial charge in [0.2, 0.25) is 5.95 Å². The fourth-order valence-corrected chi connectivity index (χ4v) is 3.07. The first-order chi connectivity index (χ1) is 13.4. The summed E-state index contributed by atoms with van der Waals surface area (Å²) >= 11 is 6.41. The standard InChI is InChI=1S/C21H22ClN3O3/c1-13(2)24-21-23-12-17-16(15-6-3-4-7-18(15)22)10-14(11-19(17)25-21)28-9-5-8-20(26)27/h3-4,6-7,10-13H,5,8-9H2,1-2H3,(H,26,27)(H,23,24,25). The van der Waals surface area contributed by atoms with Crippen molar-refractivity contribution in [3.8, 4) is 16.9 Å². The first-order valence-electron chi connectivity index (χ1n) is 9.11. The van der Waals surface area contributed by atoms with E-state index in [1.807, 2.05) is 50.2 Å². The van der Waals surface area contributed by atoms with E-state index in [-0.39, 0.29) is 12.5 Å². The van der Waals surface area contributed by atoms with Crippen molar-refractivity contribution in [1.82, 2.24) is 9.97 Å². The van der Waals surface area contributed by atoms with E-state index in [1.165, 1.54) is 0 Å². The predicted octanol–water partition coefficient (Wildman–Crippen LogP) is 5.01. The molecule has 2 aromatic carbocycles. The number of carboxylic acid groups (broad SMARTS) is 1. The van der Waals surface area contributed by atoms with E-state index in [9.17, 15) is 4.79 Å². The number of benzene rings is 2. The van der Waals surface area contributed by atoms with Gasteiger partial charge in [0.25, 0.3) is 0 Å². The molecule has 3 aromatic rings. The molecule has 0 aliphatic rings. The normalized spacial score (nSPS) is 11.0. The third-order valence-corrected chi connectivity index (χ3v) is 4.39. The second-order valence-electron chi connectivity index (χ2n) is 6.72. The van der Waals surface area contributed by atoms with Gasteiger partial charge in [-0.15, -0.1) is 0 Å². The fraction of sp³-hybridized carbons (Fsp3) is 0.286. The smallest absolute Gasteiger partial charge is 0.303 e. The van der Waals surface area contributed by atoms with Crippen molar-refractivity contribution in [2.45, 2.75) is 32.7 Å². The number of carbonyl (C=O) groups is 1. The lowest BCUT2D eigenvalue weighted by Gasteiger charge is -2.14. The van der Waals surface area contributed by atoms with Gasteiger partial charge in [-0.1, -0.05) is 29.8 Å². The lowest BCUT2D eigenvalue weighted by Crippen LogP contribution is -2.12. The zero-order valence-corrected chi connectivity index (χ0v) is 16.5. The molecular formula is C21H22ClN3O3. The molecule has 0 fully saturated rings. The monoisotopic (exact) mass is 399 g/mol. The molecule has 2 N–H and O–H groups in total. The Kier molecular flexibility index (Phi) is 6.31. The van der Waals surface area contributed by atoms with Gasteiger partial charge in [-0.3, -0.25) is 4.79 Å². The van der Waals surface area contributed by atoms with Gasteiger partial charge < -0.3 is 15.2 Å². The molecule has 0 radical (unpaired) electrons. The fourth-order valence-electron chi connectivity index (χ4n) is 2.84. The van der Waals surface area contributed by atoms with Crippen LogP contribution in [0.4, 0.5) is 5.95 Å². The highest BCUT2D eigenvalue weighted by atomic mass is 35.5. The predicted molar refractivity (Wildman–Crippen MR) is 111 cm³/mol. The number of nitrogens with one attached hydrogen (secondary N) is 1. The van der Waals surface area contributed by atoms with Crippen LogP contribution in [0.5, 0.6) is 5.75 Å². The van der Waals surface area contributed by atoms with Crippen molar-refractivity contribution in [2.24, 2.45) is 0 Å². The van der Waals surface area contributed by atoms with E-state index in [2.05, 4.69) is 15.3 Å². The van der Waals surface area contributed by atoms with Crippen LogP contribution in [0.25, 0.3) is 22.0 Å². The van der Waals surface area contributed by atoms with E-state index < -0.39 is 5.97 Å². The van der Waals surface area contributed by atoms with E-state index in [1.54, 1.807) is 6.20 Å². The Labute approximate surface area is 168 Å². The van der Waals surface area contributed by atoms with Crippen LogP contribution in [-0.2, 0) is 4.79 Å². The average molecular weight is 400 g/mol. The SMILES string of the molecule is CC(C)Nc1ncc2c(-c3ccccc3Cl)cc(OCCCC(=O)O)cc2n1. The molecule has 0 aliphatic heterocycles. The zero-order chi connectivity index (χ0) is 20.1. The van der Waals surface area contributed by atoms with Crippen LogP contribution >= 0.6 is 11.6 Å². The van der Waals surface area contributed by atoms with Crippen molar-refractivity contribution < 1.29 is 14.6 Å². The molecule has 7 heteroatoms. The Hall–Kier alpha value is -2.86. The lowest BCUT2D eigenvalue weighted by atomic mass is 10.0. The number of ether oxygens (including phenoxy) is 1. The van der Waals surface area contributed by atoms with Gasteiger partial charge in [0.1, 0.15) is 5.75 Å². The zero-order valence-electron chi connectivity index (χ0n) is 15.8. The molecule has 3 rings (SSSR count). The van der Waals surface area contributed by atoms with Crippen molar-refractivity contribution >= 4 is 34.4 Å². The third kappa shape index (κ3) is 4.89. The van der Waals surface area contributed by atoms with Crippen molar-refractivity contribution in [1.29, 1.82) is 0 Å². The summed E-state index contributed by atoms with van der Waals surface area (Å²) in [4.78, 5) is 19.7. The van der Waals surface area contributed by atoms with Crippen LogP contribution in [-0.4, -0.2) is 33.7 Å². The van der Waals surface area contributed by atoms with Crippen LogP contribution in [0.15, 0.2) is 42.6 Å². The molecule has 0 unspecified atom stereocenters. The van der Waals surface area contributed by atoms with Crippen LogP contribution in [0, 0.1) is 0 Å². The maximum atomic E-state index is 10.7. The largest absolute Gasteiger partial charge is 0.493 e. The summed E-state index contributed by atoms with van der Waals surface area (Å²) in [7, 11) is 0. The van der Waals surface area contributed by atoms with Crippen molar-refractivity contribution in [3.05, 3.63) is 47.6 Å². The number of fused-ring (bicyclic) bond motifs is 1. The molecule has 0 saturated heterocycles. The molecule has 1 aromatic heterocycles. The molecule has 0 aliphatic carbocycles. The van der Waals surface area contributed by atoms with E-state index >= 15 is 0 Å². The average Bonchev–Trinajstić information content (AvgIpc) is 2.64. The summed E-state index contributed by atoms with van der Waals surface area (Å²) in [5, 5.41) is 13.5. The highest BCUT2D eigenvalue weighted by Gasteiger charge is 2.13. The van der Waals surface area contributed by atoms with Crippen molar-refractivity contribution in [3.63, 3.8) is 0 Å². The van der Waals surface area contributed by atoms with E-state index in [0.29, 0.717) is 29.7 Å². The summed E-state index contributed by atoms with van der Waals surface area (Å²) < 4.78 is 5.80. The molecule has 146 valence electrons. The quantitative estimate of drug-likeness (QED) is 0.518. The Bertz CT molecular complexity index is 992. The summed E-state index contributed by atoms with van der Waals surface area (Å²) in [6.45, 7) is 4.34. The summed E-state index contributed by atoms with van der Waals surface area (Å²) in [6.07, 6.45) is 2.27. The number of carboxylic acids is 1. The molecule has 1 heterocycles. The molecule has 0 bridgehead atoms. The second-order valence-corrected chi connectivity index (χ2v) is 7.13. The van der Waals surface area contributed by atoms with Crippen LogP contribution in [0.1, 0.15) is 26.7 Å².